The molecule has 36 heavy (non-hydrogen) atoms. The number of aliphatic carboxylic acids is 1. The summed E-state index contributed by atoms with van der Waals surface area (Å²) < 4.78 is 15.0. The van der Waals surface area contributed by atoms with Gasteiger partial charge in [0.2, 0.25) is 0 Å². The summed E-state index contributed by atoms with van der Waals surface area (Å²) >= 11 is 0. The average Bonchev–Trinajstić information content (AvgIpc) is 3.76. The van der Waals surface area contributed by atoms with Crippen LogP contribution >= 0.6 is 0 Å². The van der Waals surface area contributed by atoms with Crippen molar-refractivity contribution in [1.29, 1.82) is 0 Å². The Hall–Kier alpha value is -3.60. The molecule has 0 saturated heterocycles. The van der Waals surface area contributed by atoms with Gasteiger partial charge >= 0.3 is 5.97 Å². The summed E-state index contributed by atoms with van der Waals surface area (Å²) in [5.41, 5.74) is 4.78. The Bertz CT molecular complexity index is 1210. The molecule has 1 fully saturated rings. The van der Waals surface area contributed by atoms with E-state index in [1.54, 1.807) is 4.90 Å². The van der Waals surface area contributed by atoms with E-state index in [0.29, 0.717) is 29.9 Å². The summed E-state index contributed by atoms with van der Waals surface area (Å²) in [6, 6.07) is 23.5. The van der Waals surface area contributed by atoms with Gasteiger partial charge in [0.05, 0.1) is 7.98 Å². The molecule has 5 nitrogen and oxygen atoms in total. The smallest absolute Gasteiger partial charge is 0.303 e. The first-order chi connectivity index (χ1) is 18.0. The molecule has 0 aliphatic heterocycles. The fraction of sp³-hybridized carbons (Fsp3) is 0.355. The van der Waals surface area contributed by atoms with E-state index in [1.165, 1.54) is 11.1 Å². The number of hydrogen-bond acceptors (Lipinski definition) is 3. The summed E-state index contributed by atoms with van der Waals surface area (Å²) in [5.74, 6) is -0.319. The zero-order valence-corrected chi connectivity index (χ0v) is 20.9. The summed E-state index contributed by atoms with van der Waals surface area (Å²) in [6.45, 7) is 1.71. The molecule has 0 heterocycles. The molecule has 1 atom stereocenters. The Labute approximate surface area is 215 Å². The molecular weight excluding hydrogens is 450 g/mol. The van der Waals surface area contributed by atoms with Gasteiger partial charge in [-0.25, -0.2) is 0 Å². The Morgan fingerprint density at radius 2 is 1.64 bits per heavy atom. The summed E-state index contributed by atoms with van der Waals surface area (Å²) in [5, 5.41) is 8.78. The van der Waals surface area contributed by atoms with Crippen molar-refractivity contribution >= 4 is 11.9 Å². The van der Waals surface area contributed by atoms with E-state index in [2.05, 4.69) is 19.1 Å². The van der Waals surface area contributed by atoms with Crippen molar-refractivity contribution in [2.75, 3.05) is 6.61 Å². The van der Waals surface area contributed by atoms with Crippen LogP contribution in [0.25, 0.3) is 11.1 Å². The molecule has 0 radical (unpaired) electrons. The number of carbonyl (C=O) groups is 2. The zero-order valence-electron chi connectivity index (χ0n) is 21.9. The number of carboxylic acid groups (broad SMARTS) is 1. The highest BCUT2D eigenvalue weighted by atomic mass is 16.5. The van der Waals surface area contributed by atoms with Crippen LogP contribution in [0, 0.1) is 0 Å². The van der Waals surface area contributed by atoms with Crippen LogP contribution in [-0.2, 0) is 17.7 Å². The number of ether oxygens (including phenoxy) is 1. The SMILES string of the molecule is [2H]C(c1ccccc1OCCCCCC(=O)O)N(C(=O)c1ccc(-c2ccccc2CC)cc1)C1CC1. The lowest BCUT2D eigenvalue weighted by Gasteiger charge is -2.24. The highest BCUT2D eigenvalue weighted by molar-refractivity contribution is 5.95. The van der Waals surface area contributed by atoms with Crippen LogP contribution in [0.1, 0.15) is 68.3 Å². The van der Waals surface area contributed by atoms with Gasteiger partial charge in [0.1, 0.15) is 5.75 Å². The van der Waals surface area contributed by atoms with E-state index in [9.17, 15) is 9.59 Å². The van der Waals surface area contributed by atoms with Crippen LogP contribution in [0.15, 0.2) is 72.8 Å². The molecule has 0 spiro atoms. The van der Waals surface area contributed by atoms with E-state index >= 15 is 0 Å². The number of nitrogens with zero attached hydrogens (tertiary/aromatic N) is 1. The minimum Gasteiger partial charge on any atom is -0.493 e. The van der Waals surface area contributed by atoms with Gasteiger partial charge in [-0.3, -0.25) is 9.59 Å². The number of rotatable bonds is 13. The van der Waals surface area contributed by atoms with Crippen LogP contribution in [-0.4, -0.2) is 34.5 Å². The molecule has 3 aromatic rings. The van der Waals surface area contributed by atoms with Gasteiger partial charge < -0.3 is 14.7 Å². The molecule has 0 aromatic heterocycles. The van der Waals surface area contributed by atoms with Gasteiger partial charge in [-0.1, -0.05) is 61.5 Å². The minimum atomic E-state index is -0.872. The first kappa shape index (κ1) is 24.1. The van der Waals surface area contributed by atoms with Crippen molar-refractivity contribution in [2.24, 2.45) is 0 Å². The molecule has 1 unspecified atom stereocenters. The van der Waals surface area contributed by atoms with Crippen molar-refractivity contribution < 1.29 is 20.8 Å². The molecule has 1 aliphatic carbocycles. The van der Waals surface area contributed by atoms with E-state index in [0.717, 1.165) is 37.7 Å². The Balaban J connectivity index is 1.47. The standard InChI is InChI=1S/C31H35NO4/c1-2-23-10-5-7-12-28(23)24-15-17-25(18-16-24)31(35)32(27-19-20-27)22-26-11-6-8-13-29(26)36-21-9-3-4-14-30(33)34/h5-8,10-13,15-18,27H,2-4,9,14,19-22H2,1H3,(H,33,34)/i22D. The average molecular weight is 487 g/mol. The third-order valence-electron chi connectivity index (χ3n) is 6.51. The predicted molar refractivity (Wildman–Crippen MR) is 142 cm³/mol. The molecule has 3 aromatic carbocycles. The lowest BCUT2D eigenvalue weighted by atomic mass is 9.97. The molecule has 5 heteroatoms. The fourth-order valence-electron chi connectivity index (χ4n) is 4.34. The van der Waals surface area contributed by atoms with Crippen molar-refractivity contribution in [3.63, 3.8) is 0 Å². The van der Waals surface area contributed by atoms with Gasteiger partial charge in [0, 0.05) is 30.1 Å². The van der Waals surface area contributed by atoms with Gasteiger partial charge in [-0.05, 0) is 73.4 Å². The Morgan fingerprint density at radius 3 is 2.33 bits per heavy atom. The number of aryl methyl sites for hydroxylation is 1. The third kappa shape index (κ3) is 6.75. The molecule has 1 aliphatic rings. The lowest BCUT2D eigenvalue weighted by Crippen LogP contribution is -2.32. The van der Waals surface area contributed by atoms with Crippen LogP contribution in [0.2, 0.25) is 0 Å². The quantitative estimate of drug-likeness (QED) is 0.272. The number of carbonyl (C=O) groups excluding carboxylic acids is 1. The second kappa shape index (κ2) is 12.4. The van der Waals surface area contributed by atoms with Gasteiger partial charge in [0.25, 0.3) is 5.91 Å². The molecule has 1 N–H and O–H groups in total. The minimum absolute atomic E-state index is 0.0552. The number of unbranched alkanes of at least 4 members (excludes halogenated alkanes) is 2. The highest BCUT2D eigenvalue weighted by Crippen LogP contribution is 2.32. The topological polar surface area (TPSA) is 66.8 Å². The number of amides is 1. The molecular formula is C31H35NO4. The van der Waals surface area contributed by atoms with Crippen LogP contribution in [0.5, 0.6) is 5.75 Å². The van der Waals surface area contributed by atoms with Crippen molar-refractivity contribution in [2.45, 2.75) is 64.4 Å². The van der Waals surface area contributed by atoms with Gasteiger partial charge in [-0.2, -0.15) is 0 Å². The third-order valence-corrected chi connectivity index (χ3v) is 6.51. The molecule has 1 saturated carbocycles. The predicted octanol–water partition coefficient (Wildman–Crippen LogP) is 6.74. The lowest BCUT2D eigenvalue weighted by molar-refractivity contribution is -0.137. The second-order valence-electron chi connectivity index (χ2n) is 9.25. The molecule has 0 bridgehead atoms. The Kier molecular flexibility index (Phi) is 8.30. The number of hydrogen-bond donors (Lipinski definition) is 1. The van der Waals surface area contributed by atoms with Crippen LogP contribution in [0.4, 0.5) is 0 Å². The maximum Gasteiger partial charge on any atom is 0.303 e. The monoisotopic (exact) mass is 486 g/mol. The maximum absolute atomic E-state index is 13.6. The largest absolute Gasteiger partial charge is 0.493 e. The number of benzene rings is 3. The maximum atomic E-state index is 13.6. The van der Waals surface area contributed by atoms with Crippen molar-refractivity contribution in [3.05, 3.63) is 89.5 Å². The van der Waals surface area contributed by atoms with Crippen LogP contribution in [0.3, 0.4) is 0 Å². The number of carboxylic acids is 1. The zero-order chi connectivity index (χ0) is 26.2. The fourth-order valence-corrected chi connectivity index (χ4v) is 4.34. The van der Waals surface area contributed by atoms with Crippen molar-refractivity contribution in [1.82, 2.24) is 4.90 Å². The molecule has 4 rings (SSSR count). The normalized spacial score (nSPS) is 14.1. The second-order valence-corrected chi connectivity index (χ2v) is 9.25. The Morgan fingerprint density at radius 1 is 0.944 bits per heavy atom. The van der Waals surface area contributed by atoms with Gasteiger partial charge in [0.15, 0.2) is 0 Å². The first-order valence-electron chi connectivity index (χ1n) is 13.4. The van der Waals surface area contributed by atoms with E-state index in [1.807, 2.05) is 60.7 Å². The van der Waals surface area contributed by atoms with Crippen molar-refractivity contribution in [3.8, 4) is 16.9 Å². The highest BCUT2D eigenvalue weighted by Gasteiger charge is 2.33. The molecule has 1 amide bonds. The summed E-state index contributed by atoms with van der Waals surface area (Å²) in [7, 11) is 0. The number of para-hydroxylation sites is 1. The van der Waals surface area contributed by atoms with E-state index in [4.69, 9.17) is 11.2 Å². The van der Waals surface area contributed by atoms with E-state index < -0.39 is 12.5 Å². The summed E-state index contributed by atoms with van der Waals surface area (Å²) in [4.78, 5) is 26.0. The first-order valence-corrected chi connectivity index (χ1v) is 12.9. The van der Waals surface area contributed by atoms with Crippen LogP contribution < -0.4 is 4.74 Å². The molecule has 188 valence electrons. The van der Waals surface area contributed by atoms with Gasteiger partial charge in [-0.15, -0.1) is 0 Å². The van der Waals surface area contributed by atoms with E-state index in [-0.39, 0.29) is 18.4 Å². The summed E-state index contributed by atoms with van der Waals surface area (Å²) in [6.07, 6.45) is 5.03.